The maximum Gasteiger partial charge on any atom is 0.259 e. The van der Waals surface area contributed by atoms with Crippen molar-refractivity contribution in [3.05, 3.63) is 10.5 Å². The third-order valence-corrected chi connectivity index (χ3v) is 1.99. The number of ether oxygens (including phenoxy) is 1. The Balaban J connectivity index is 2.91. The first-order chi connectivity index (χ1) is 6.22. The number of imidazole rings is 1. The van der Waals surface area contributed by atoms with Gasteiger partial charge in [-0.25, -0.2) is 0 Å². The van der Waals surface area contributed by atoms with Crippen molar-refractivity contribution >= 4 is 23.3 Å². The van der Waals surface area contributed by atoms with E-state index in [2.05, 4.69) is 20.2 Å². The minimum Gasteiger partial charge on any atom is -0.478 e. The quantitative estimate of drug-likeness (QED) is 0.675. The van der Waals surface area contributed by atoms with Crippen LogP contribution in [-0.2, 0) is 0 Å². The zero-order chi connectivity index (χ0) is 9.42. The lowest BCUT2D eigenvalue weighted by atomic mass is 10.3. The number of methoxy groups -OCH3 is 1. The van der Waals surface area contributed by atoms with Gasteiger partial charge in [-0.3, -0.25) is 0 Å². The fourth-order valence-electron chi connectivity index (χ4n) is 1.18. The van der Waals surface area contributed by atoms with Crippen LogP contribution in [0.3, 0.4) is 0 Å². The van der Waals surface area contributed by atoms with E-state index < -0.39 is 0 Å². The lowest BCUT2D eigenvalue weighted by Crippen LogP contribution is -1.94. The minimum atomic E-state index is 0.452. The molecule has 0 radical (unpaired) electrons. The standard InChI is InChI=1S/C7H8N4OS/c1-3-4-5(9-7(13)8-4)6(12-2)11-10-3/h1-2H3,(H2,8,9,13). The Morgan fingerprint density at radius 1 is 1.23 bits per heavy atom. The molecule has 2 N–H and O–H groups in total. The summed E-state index contributed by atoms with van der Waals surface area (Å²) in [5, 5.41) is 7.79. The van der Waals surface area contributed by atoms with Crippen LogP contribution >= 0.6 is 12.2 Å². The molecule has 13 heavy (non-hydrogen) atoms. The molecule has 2 heterocycles. The van der Waals surface area contributed by atoms with Crippen molar-refractivity contribution in [1.82, 2.24) is 20.2 Å². The Bertz CT molecular complexity index is 501. The normalized spacial score (nSPS) is 10.6. The number of nitrogens with one attached hydrogen (secondary N) is 2. The number of fused-ring (bicyclic) bond motifs is 1. The van der Waals surface area contributed by atoms with Crippen molar-refractivity contribution in [2.45, 2.75) is 6.92 Å². The number of aromatic amines is 2. The molecule has 2 aromatic heterocycles. The van der Waals surface area contributed by atoms with Crippen LogP contribution < -0.4 is 4.74 Å². The van der Waals surface area contributed by atoms with Gasteiger partial charge in [0.1, 0.15) is 5.52 Å². The average molecular weight is 196 g/mol. The smallest absolute Gasteiger partial charge is 0.259 e. The van der Waals surface area contributed by atoms with E-state index in [0.29, 0.717) is 10.7 Å². The number of H-pyrrole nitrogens is 2. The zero-order valence-corrected chi connectivity index (χ0v) is 8.03. The Morgan fingerprint density at radius 2 is 1.92 bits per heavy atom. The minimum absolute atomic E-state index is 0.452. The number of hydrogen-bond acceptors (Lipinski definition) is 4. The maximum absolute atomic E-state index is 5.02. The summed E-state index contributed by atoms with van der Waals surface area (Å²) in [4.78, 5) is 5.93. The lowest BCUT2D eigenvalue weighted by Gasteiger charge is -1.99. The molecule has 68 valence electrons. The van der Waals surface area contributed by atoms with Crippen LogP contribution in [0.2, 0.25) is 0 Å². The van der Waals surface area contributed by atoms with Gasteiger partial charge in [0, 0.05) is 0 Å². The Hall–Kier alpha value is -1.43. The molecule has 0 aliphatic carbocycles. The Morgan fingerprint density at radius 3 is 2.62 bits per heavy atom. The van der Waals surface area contributed by atoms with Gasteiger partial charge < -0.3 is 14.7 Å². The van der Waals surface area contributed by atoms with E-state index in [9.17, 15) is 0 Å². The summed E-state index contributed by atoms with van der Waals surface area (Å²) in [6, 6.07) is 0. The van der Waals surface area contributed by atoms with E-state index in [1.54, 1.807) is 7.11 Å². The van der Waals surface area contributed by atoms with Crippen molar-refractivity contribution in [3.8, 4) is 5.88 Å². The van der Waals surface area contributed by atoms with E-state index in [-0.39, 0.29) is 0 Å². The third-order valence-electron chi connectivity index (χ3n) is 1.79. The molecule has 0 aromatic carbocycles. The zero-order valence-electron chi connectivity index (χ0n) is 7.21. The van der Waals surface area contributed by atoms with Crippen molar-refractivity contribution in [3.63, 3.8) is 0 Å². The third kappa shape index (κ3) is 1.19. The molecule has 0 spiro atoms. The van der Waals surface area contributed by atoms with Gasteiger partial charge in [-0.1, -0.05) is 0 Å². The second-order valence-electron chi connectivity index (χ2n) is 2.62. The topological polar surface area (TPSA) is 66.6 Å². The summed E-state index contributed by atoms with van der Waals surface area (Å²) in [5.41, 5.74) is 2.40. The number of aryl methyl sites for hydroxylation is 1. The monoisotopic (exact) mass is 196 g/mol. The summed E-state index contributed by atoms with van der Waals surface area (Å²) in [7, 11) is 1.54. The van der Waals surface area contributed by atoms with Gasteiger partial charge in [0.2, 0.25) is 0 Å². The average Bonchev–Trinajstić information content (AvgIpc) is 2.48. The number of hydrogen-bond donors (Lipinski definition) is 2. The fourth-order valence-corrected chi connectivity index (χ4v) is 1.38. The number of rotatable bonds is 1. The summed E-state index contributed by atoms with van der Waals surface area (Å²) >= 11 is 4.96. The van der Waals surface area contributed by atoms with Crippen LogP contribution in [0.15, 0.2) is 0 Å². The van der Waals surface area contributed by atoms with Crippen molar-refractivity contribution in [2.24, 2.45) is 0 Å². The van der Waals surface area contributed by atoms with Gasteiger partial charge in [0.05, 0.1) is 18.3 Å². The van der Waals surface area contributed by atoms with Gasteiger partial charge in [0.15, 0.2) is 4.77 Å². The molecule has 2 rings (SSSR count). The van der Waals surface area contributed by atoms with E-state index in [1.807, 2.05) is 6.92 Å². The molecule has 0 amide bonds. The molecule has 5 nitrogen and oxygen atoms in total. The van der Waals surface area contributed by atoms with Gasteiger partial charge in [-0.05, 0) is 19.1 Å². The van der Waals surface area contributed by atoms with E-state index in [4.69, 9.17) is 17.0 Å². The summed E-state index contributed by atoms with van der Waals surface area (Å²) < 4.78 is 5.57. The summed E-state index contributed by atoms with van der Waals surface area (Å²) in [5.74, 6) is 0.452. The summed E-state index contributed by atoms with van der Waals surface area (Å²) in [6.45, 7) is 1.86. The first kappa shape index (κ1) is 8.18. The second kappa shape index (κ2) is 2.81. The molecule has 0 aliphatic rings. The number of nitrogens with zero attached hydrogens (tertiary/aromatic N) is 2. The van der Waals surface area contributed by atoms with E-state index in [1.165, 1.54) is 0 Å². The predicted molar refractivity (Wildman–Crippen MR) is 50.4 cm³/mol. The lowest BCUT2D eigenvalue weighted by molar-refractivity contribution is 0.396. The highest BCUT2D eigenvalue weighted by atomic mass is 32.1. The molecule has 0 saturated heterocycles. The Kier molecular flexibility index (Phi) is 1.77. The van der Waals surface area contributed by atoms with Crippen molar-refractivity contribution < 1.29 is 4.74 Å². The van der Waals surface area contributed by atoms with E-state index in [0.717, 1.165) is 16.7 Å². The first-order valence-corrected chi connectivity index (χ1v) is 4.12. The Labute approximate surface area is 79.2 Å². The van der Waals surface area contributed by atoms with Crippen molar-refractivity contribution in [2.75, 3.05) is 7.11 Å². The highest BCUT2D eigenvalue weighted by molar-refractivity contribution is 7.71. The molecule has 0 unspecified atom stereocenters. The SMILES string of the molecule is COc1nnc(C)c2[nH]c(=S)[nH]c12. The molecule has 0 aliphatic heterocycles. The van der Waals surface area contributed by atoms with Gasteiger partial charge in [-0.2, -0.15) is 0 Å². The van der Waals surface area contributed by atoms with Crippen LogP contribution in [0.25, 0.3) is 11.0 Å². The summed E-state index contributed by atoms with van der Waals surface area (Å²) in [6.07, 6.45) is 0. The molecule has 2 aromatic rings. The van der Waals surface area contributed by atoms with Crippen LogP contribution in [0.4, 0.5) is 0 Å². The van der Waals surface area contributed by atoms with Crippen molar-refractivity contribution in [1.29, 1.82) is 0 Å². The van der Waals surface area contributed by atoms with Crippen LogP contribution in [-0.4, -0.2) is 27.3 Å². The predicted octanol–water partition coefficient (Wildman–Crippen LogP) is 1.33. The van der Waals surface area contributed by atoms with Crippen LogP contribution in [0.5, 0.6) is 5.88 Å². The molecule has 0 bridgehead atoms. The molecular formula is C7H8N4OS. The molecule has 0 saturated carbocycles. The first-order valence-electron chi connectivity index (χ1n) is 3.71. The van der Waals surface area contributed by atoms with Gasteiger partial charge in [0.25, 0.3) is 5.88 Å². The number of aromatic nitrogens is 4. The van der Waals surface area contributed by atoms with Gasteiger partial charge in [-0.15, -0.1) is 10.2 Å². The second-order valence-corrected chi connectivity index (χ2v) is 3.03. The highest BCUT2D eigenvalue weighted by Crippen LogP contribution is 2.20. The van der Waals surface area contributed by atoms with Crippen LogP contribution in [0.1, 0.15) is 5.69 Å². The molecular weight excluding hydrogens is 188 g/mol. The molecule has 0 atom stereocenters. The largest absolute Gasteiger partial charge is 0.478 e. The highest BCUT2D eigenvalue weighted by Gasteiger charge is 2.08. The molecule has 0 fully saturated rings. The maximum atomic E-state index is 5.02. The van der Waals surface area contributed by atoms with E-state index >= 15 is 0 Å². The van der Waals surface area contributed by atoms with Gasteiger partial charge >= 0.3 is 0 Å². The van der Waals surface area contributed by atoms with Crippen LogP contribution in [0, 0.1) is 11.7 Å². The fraction of sp³-hybridized carbons (Fsp3) is 0.286. The molecule has 6 heteroatoms.